The molecule has 134 valence electrons. The lowest BCUT2D eigenvalue weighted by Gasteiger charge is -2.07. The Labute approximate surface area is 159 Å². The Morgan fingerprint density at radius 2 is 2.07 bits per heavy atom. The molecule has 0 bridgehead atoms. The molecule has 0 aliphatic heterocycles. The van der Waals surface area contributed by atoms with E-state index in [9.17, 15) is 4.79 Å². The van der Waals surface area contributed by atoms with Crippen molar-refractivity contribution < 1.29 is 13.9 Å². The second-order valence-corrected chi connectivity index (χ2v) is 6.52. The highest BCUT2D eigenvalue weighted by molar-refractivity contribution is 7.11. The van der Waals surface area contributed by atoms with Gasteiger partial charge in [-0.25, -0.2) is 4.98 Å². The fourth-order valence-corrected chi connectivity index (χ4v) is 2.99. The van der Waals surface area contributed by atoms with E-state index >= 15 is 0 Å². The molecule has 4 rings (SSSR count). The minimum atomic E-state index is -0.167. The normalized spacial score (nSPS) is 10.5. The van der Waals surface area contributed by atoms with Gasteiger partial charge in [0.1, 0.15) is 11.5 Å². The van der Waals surface area contributed by atoms with E-state index < -0.39 is 0 Å². The third-order valence-corrected chi connectivity index (χ3v) is 4.43. The number of ether oxygens (including phenoxy) is 1. The minimum absolute atomic E-state index is 0.167. The number of nitrogens with one attached hydrogen (secondary N) is 1. The molecule has 1 amide bonds. The topological polar surface area (TPSA) is 77.2 Å². The SMILES string of the molecule is O=C(NCc1cncc(-c2ccco2)c1)c1ccc(Oc2nccs2)cc1. The van der Waals surface area contributed by atoms with E-state index in [1.54, 1.807) is 49.1 Å². The lowest BCUT2D eigenvalue weighted by atomic mass is 10.1. The summed E-state index contributed by atoms with van der Waals surface area (Å²) >= 11 is 1.41. The van der Waals surface area contributed by atoms with Crippen LogP contribution in [0.15, 0.2) is 77.1 Å². The zero-order valence-corrected chi connectivity index (χ0v) is 15.0. The Balaban J connectivity index is 1.37. The molecule has 7 heteroatoms. The molecule has 0 saturated carbocycles. The molecule has 0 fully saturated rings. The lowest BCUT2D eigenvalue weighted by Crippen LogP contribution is -2.22. The maximum absolute atomic E-state index is 12.4. The van der Waals surface area contributed by atoms with Crippen LogP contribution in [-0.4, -0.2) is 15.9 Å². The zero-order valence-electron chi connectivity index (χ0n) is 14.2. The summed E-state index contributed by atoms with van der Waals surface area (Å²) in [6, 6.07) is 12.6. The predicted octanol–water partition coefficient (Wildman–Crippen LogP) is 4.52. The molecule has 1 N–H and O–H groups in total. The van der Waals surface area contributed by atoms with Crippen LogP contribution in [0.3, 0.4) is 0 Å². The third-order valence-electron chi connectivity index (χ3n) is 3.78. The second-order valence-electron chi connectivity index (χ2n) is 5.67. The number of pyridine rings is 1. The number of benzene rings is 1. The molecule has 3 heterocycles. The number of nitrogens with zero attached hydrogens (tertiary/aromatic N) is 2. The maximum atomic E-state index is 12.4. The largest absolute Gasteiger partial charge is 0.464 e. The fraction of sp³-hybridized carbons (Fsp3) is 0.0500. The van der Waals surface area contributed by atoms with Gasteiger partial charge in [0, 0.05) is 41.6 Å². The first-order chi connectivity index (χ1) is 13.3. The van der Waals surface area contributed by atoms with Crippen molar-refractivity contribution in [3.8, 4) is 22.3 Å². The summed E-state index contributed by atoms with van der Waals surface area (Å²) in [6.45, 7) is 0.373. The number of rotatable bonds is 6. The highest BCUT2D eigenvalue weighted by atomic mass is 32.1. The summed E-state index contributed by atoms with van der Waals surface area (Å²) in [4.78, 5) is 20.6. The molecular weight excluding hydrogens is 362 g/mol. The van der Waals surface area contributed by atoms with Crippen LogP contribution in [0.2, 0.25) is 0 Å². The van der Waals surface area contributed by atoms with E-state index in [-0.39, 0.29) is 5.91 Å². The van der Waals surface area contributed by atoms with Gasteiger partial charge in [0.05, 0.1) is 6.26 Å². The van der Waals surface area contributed by atoms with Crippen molar-refractivity contribution in [2.45, 2.75) is 6.54 Å². The number of carbonyl (C=O) groups is 1. The van der Waals surface area contributed by atoms with E-state index in [1.807, 2.05) is 23.6 Å². The molecule has 0 atom stereocenters. The Morgan fingerprint density at radius 1 is 1.19 bits per heavy atom. The first-order valence-electron chi connectivity index (χ1n) is 8.21. The lowest BCUT2D eigenvalue weighted by molar-refractivity contribution is 0.0951. The van der Waals surface area contributed by atoms with Crippen molar-refractivity contribution in [3.05, 3.63) is 83.8 Å². The van der Waals surface area contributed by atoms with Gasteiger partial charge in [-0.2, -0.15) is 0 Å². The monoisotopic (exact) mass is 377 g/mol. The van der Waals surface area contributed by atoms with Gasteiger partial charge >= 0.3 is 0 Å². The molecule has 3 aromatic heterocycles. The number of amides is 1. The summed E-state index contributed by atoms with van der Waals surface area (Å²) < 4.78 is 11.0. The number of hydrogen-bond donors (Lipinski definition) is 1. The first kappa shape index (κ1) is 17.0. The average Bonchev–Trinajstić information content (AvgIpc) is 3.41. The van der Waals surface area contributed by atoms with Crippen molar-refractivity contribution in [3.63, 3.8) is 0 Å². The molecule has 4 aromatic rings. The Bertz CT molecular complexity index is 1010. The van der Waals surface area contributed by atoms with Gasteiger partial charge in [-0.1, -0.05) is 11.3 Å². The Hall–Kier alpha value is -3.45. The Morgan fingerprint density at radius 3 is 2.81 bits per heavy atom. The van der Waals surface area contributed by atoms with Gasteiger partial charge in [-0.15, -0.1) is 0 Å². The summed E-state index contributed by atoms with van der Waals surface area (Å²) in [7, 11) is 0. The van der Waals surface area contributed by atoms with Crippen molar-refractivity contribution in [2.75, 3.05) is 0 Å². The molecule has 6 nitrogen and oxygen atoms in total. The average molecular weight is 377 g/mol. The third kappa shape index (κ3) is 4.21. The maximum Gasteiger partial charge on any atom is 0.278 e. The number of furan rings is 1. The fourth-order valence-electron chi connectivity index (χ4n) is 2.48. The first-order valence-corrected chi connectivity index (χ1v) is 9.09. The second kappa shape index (κ2) is 7.84. The van der Waals surface area contributed by atoms with E-state index in [0.717, 1.165) is 16.9 Å². The summed E-state index contributed by atoms with van der Waals surface area (Å²) in [5, 5.41) is 5.30. The van der Waals surface area contributed by atoms with Gasteiger partial charge < -0.3 is 14.5 Å². The zero-order chi connectivity index (χ0) is 18.5. The van der Waals surface area contributed by atoms with Crippen LogP contribution in [0.5, 0.6) is 10.9 Å². The van der Waals surface area contributed by atoms with Crippen LogP contribution < -0.4 is 10.1 Å². The van der Waals surface area contributed by atoms with Crippen molar-refractivity contribution in [1.29, 1.82) is 0 Å². The van der Waals surface area contributed by atoms with Crippen LogP contribution >= 0.6 is 11.3 Å². The number of hydrogen-bond acceptors (Lipinski definition) is 6. The molecule has 0 spiro atoms. The highest BCUT2D eigenvalue weighted by Crippen LogP contribution is 2.23. The summed E-state index contributed by atoms with van der Waals surface area (Å²) in [5.41, 5.74) is 2.31. The van der Waals surface area contributed by atoms with Crippen LogP contribution in [0, 0.1) is 0 Å². The quantitative estimate of drug-likeness (QED) is 0.534. The molecule has 0 aliphatic carbocycles. The molecule has 0 radical (unpaired) electrons. The molecule has 27 heavy (non-hydrogen) atoms. The van der Waals surface area contributed by atoms with Gasteiger partial charge in [0.15, 0.2) is 0 Å². The highest BCUT2D eigenvalue weighted by Gasteiger charge is 2.08. The van der Waals surface area contributed by atoms with Crippen LogP contribution in [-0.2, 0) is 6.54 Å². The minimum Gasteiger partial charge on any atom is -0.464 e. The molecule has 0 saturated heterocycles. The molecule has 0 unspecified atom stereocenters. The van der Waals surface area contributed by atoms with Crippen LogP contribution in [0.4, 0.5) is 0 Å². The summed E-state index contributed by atoms with van der Waals surface area (Å²) in [5.74, 6) is 1.21. The van der Waals surface area contributed by atoms with Crippen molar-refractivity contribution in [1.82, 2.24) is 15.3 Å². The standard InChI is InChI=1S/C20H15N3O3S/c24-19(15-3-5-17(6-4-15)26-20-22-7-9-27-20)23-12-14-10-16(13-21-11-14)18-2-1-8-25-18/h1-11,13H,12H2,(H,23,24). The van der Waals surface area contributed by atoms with E-state index in [2.05, 4.69) is 15.3 Å². The van der Waals surface area contributed by atoms with E-state index in [0.29, 0.717) is 23.1 Å². The van der Waals surface area contributed by atoms with E-state index in [4.69, 9.17) is 9.15 Å². The van der Waals surface area contributed by atoms with Gasteiger partial charge in [0.25, 0.3) is 11.1 Å². The van der Waals surface area contributed by atoms with Gasteiger partial charge in [-0.3, -0.25) is 9.78 Å². The van der Waals surface area contributed by atoms with Gasteiger partial charge in [-0.05, 0) is 48.0 Å². The van der Waals surface area contributed by atoms with Crippen LogP contribution in [0.1, 0.15) is 15.9 Å². The number of thiazole rings is 1. The molecular formula is C20H15N3O3S. The summed E-state index contributed by atoms with van der Waals surface area (Å²) in [6.07, 6.45) is 6.74. The number of aromatic nitrogens is 2. The van der Waals surface area contributed by atoms with E-state index in [1.165, 1.54) is 11.3 Å². The molecule has 0 aliphatic rings. The van der Waals surface area contributed by atoms with Crippen molar-refractivity contribution >= 4 is 17.2 Å². The smallest absolute Gasteiger partial charge is 0.278 e. The Kier molecular flexibility index (Phi) is 4.93. The van der Waals surface area contributed by atoms with Gasteiger partial charge in [0.2, 0.25) is 0 Å². The molecule has 1 aromatic carbocycles. The van der Waals surface area contributed by atoms with Crippen LogP contribution in [0.25, 0.3) is 11.3 Å². The predicted molar refractivity (Wildman–Crippen MR) is 102 cm³/mol. The van der Waals surface area contributed by atoms with Crippen molar-refractivity contribution in [2.24, 2.45) is 0 Å². The number of carbonyl (C=O) groups excluding carboxylic acids is 1.